The van der Waals surface area contributed by atoms with Gasteiger partial charge in [-0.1, -0.05) is 46.3 Å². The Morgan fingerprint density at radius 3 is 2.60 bits per heavy atom. The van der Waals surface area contributed by atoms with Crippen molar-refractivity contribution in [3.8, 4) is 0 Å². The van der Waals surface area contributed by atoms with Crippen LogP contribution in [0.5, 0.6) is 0 Å². The third kappa shape index (κ3) is 1.59. The van der Waals surface area contributed by atoms with E-state index >= 15 is 0 Å². The van der Waals surface area contributed by atoms with Gasteiger partial charge in [0.25, 0.3) is 0 Å². The number of hydrogen-bond acceptors (Lipinski definition) is 1. The van der Waals surface area contributed by atoms with Crippen LogP contribution in [0.15, 0.2) is 11.6 Å². The molecule has 1 heteroatoms. The highest BCUT2D eigenvalue weighted by Gasteiger charge is 2.68. The summed E-state index contributed by atoms with van der Waals surface area (Å²) in [5.41, 5.74) is 2.97. The molecular weight excluding hydrogens is 244 g/mol. The summed E-state index contributed by atoms with van der Waals surface area (Å²) in [4.78, 5) is 0. The van der Waals surface area contributed by atoms with Crippen LogP contribution in [0.3, 0.4) is 0 Å². The lowest BCUT2D eigenvalue weighted by atomic mass is 9.48. The number of rotatable bonds is 3. The Bertz CT molecular complexity index is 427. The maximum atomic E-state index is 9.83. The van der Waals surface area contributed by atoms with E-state index in [-0.39, 0.29) is 0 Å². The number of hydrogen-bond donors (Lipinski definition) is 1. The fraction of sp³-hybridized carbons (Fsp3) is 0.895. The SMILES string of the molecule is CC[C@@H](CO)C1=CCC(C)(C)[C@@]23CC[C@@H](C2)C(C)(C)[C@H]13. The van der Waals surface area contributed by atoms with Crippen LogP contribution >= 0.6 is 0 Å². The van der Waals surface area contributed by atoms with Crippen LogP contribution in [-0.2, 0) is 0 Å². The molecule has 0 amide bonds. The summed E-state index contributed by atoms with van der Waals surface area (Å²) in [6.07, 6.45) is 9.07. The first-order valence-corrected chi connectivity index (χ1v) is 8.61. The summed E-state index contributed by atoms with van der Waals surface area (Å²) in [6.45, 7) is 12.6. The molecule has 1 N–H and O–H groups in total. The molecule has 20 heavy (non-hydrogen) atoms. The quantitative estimate of drug-likeness (QED) is 0.734. The second kappa shape index (κ2) is 4.35. The molecule has 1 nitrogen and oxygen atoms in total. The van der Waals surface area contributed by atoms with Gasteiger partial charge in [-0.05, 0) is 60.2 Å². The lowest BCUT2D eigenvalue weighted by Gasteiger charge is -2.56. The standard InChI is InChI=1S/C19H32O/c1-6-13(12-20)15-8-9-17(2,3)19-10-7-14(11-19)18(4,5)16(15)19/h8,13-14,16,20H,6-7,9-12H2,1-5H3/t13-,14-,16-,19-/m0/s1. The van der Waals surface area contributed by atoms with E-state index in [1.54, 1.807) is 5.57 Å². The van der Waals surface area contributed by atoms with Crippen molar-refractivity contribution in [3.63, 3.8) is 0 Å². The highest BCUT2D eigenvalue weighted by Crippen LogP contribution is 2.76. The van der Waals surface area contributed by atoms with Crippen LogP contribution in [0.2, 0.25) is 0 Å². The average Bonchev–Trinajstić information content (AvgIpc) is 2.90. The predicted molar refractivity (Wildman–Crippen MR) is 84.4 cm³/mol. The molecule has 0 saturated heterocycles. The Morgan fingerprint density at radius 2 is 2.00 bits per heavy atom. The molecule has 0 aromatic rings. The second-order valence-electron chi connectivity index (χ2n) is 8.93. The molecule has 114 valence electrons. The maximum Gasteiger partial charge on any atom is 0.0496 e. The van der Waals surface area contributed by atoms with Crippen molar-refractivity contribution in [2.75, 3.05) is 6.61 Å². The fourth-order valence-electron chi connectivity index (χ4n) is 6.24. The van der Waals surface area contributed by atoms with Gasteiger partial charge in [0, 0.05) is 12.5 Å². The summed E-state index contributed by atoms with van der Waals surface area (Å²) in [7, 11) is 0. The fourth-order valence-corrected chi connectivity index (χ4v) is 6.24. The number of aliphatic hydroxyl groups is 1. The molecule has 2 saturated carbocycles. The first-order chi connectivity index (χ1) is 9.30. The summed E-state index contributed by atoms with van der Waals surface area (Å²) >= 11 is 0. The van der Waals surface area contributed by atoms with Gasteiger partial charge in [0.05, 0.1) is 0 Å². The molecular formula is C19H32O. The van der Waals surface area contributed by atoms with Gasteiger partial charge >= 0.3 is 0 Å². The van der Waals surface area contributed by atoms with Crippen molar-refractivity contribution < 1.29 is 5.11 Å². The summed E-state index contributed by atoms with van der Waals surface area (Å²) < 4.78 is 0. The van der Waals surface area contributed by atoms with E-state index in [0.717, 1.165) is 12.3 Å². The first kappa shape index (κ1) is 14.6. The number of fused-ring (bicyclic) bond motifs is 1. The van der Waals surface area contributed by atoms with Crippen molar-refractivity contribution in [2.45, 2.75) is 66.7 Å². The highest BCUT2D eigenvalue weighted by atomic mass is 16.3. The molecule has 3 aliphatic carbocycles. The van der Waals surface area contributed by atoms with E-state index in [0.29, 0.717) is 34.7 Å². The van der Waals surface area contributed by atoms with Crippen molar-refractivity contribution in [3.05, 3.63) is 11.6 Å². The average molecular weight is 276 g/mol. The molecule has 4 atom stereocenters. The summed E-state index contributed by atoms with van der Waals surface area (Å²) in [5.74, 6) is 1.99. The van der Waals surface area contributed by atoms with Gasteiger partial charge in [0.15, 0.2) is 0 Å². The lowest BCUT2D eigenvalue weighted by molar-refractivity contribution is -0.0230. The van der Waals surface area contributed by atoms with E-state index in [2.05, 4.69) is 40.7 Å². The zero-order chi connectivity index (χ0) is 14.8. The molecule has 1 spiro atoms. The van der Waals surface area contributed by atoms with E-state index in [9.17, 15) is 5.11 Å². The van der Waals surface area contributed by atoms with Crippen LogP contribution in [0.4, 0.5) is 0 Å². The van der Waals surface area contributed by atoms with Crippen molar-refractivity contribution in [1.82, 2.24) is 0 Å². The van der Waals surface area contributed by atoms with Crippen molar-refractivity contribution in [2.24, 2.45) is 34.0 Å². The largest absolute Gasteiger partial charge is 0.396 e. The van der Waals surface area contributed by atoms with Crippen LogP contribution in [0.1, 0.15) is 66.7 Å². The monoisotopic (exact) mass is 276 g/mol. The molecule has 3 rings (SSSR count). The van der Waals surface area contributed by atoms with Crippen LogP contribution in [0.25, 0.3) is 0 Å². The highest BCUT2D eigenvalue weighted by molar-refractivity contribution is 5.31. The molecule has 0 aromatic carbocycles. The van der Waals surface area contributed by atoms with Crippen LogP contribution in [0, 0.1) is 34.0 Å². The molecule has 0 aliphatic heterocycles. The summed E-state index contributed by atoms with van der Waals surface area (Å²) in [5, 5.41) is 9.83. The van der Waals surface area contributed by atoms with E-state index in [1.165, 1.54) is 25.7 Å². The molecule has 2 fully saturated rings. The van der Waals surface area contributed by atoms with E-state index in [1.807, 2.05) is 0 Å². The molecule has 2 bridgehead atoms. The molecule has 0 radical (unpaired) electrons. The Kier molecular flexibility index (Phi) is 3.18. The van der Waals surface area contributed by atoms with E-state index < -0.39 is 0 Å². The third-order valence-electron chi connectivity index (χ3n) is 7.61. The Morgan fingerprint density at radius 1 is 1.30 bits per heavy atom. The van der Waals surface area contributed by atoms with Gasteiger partial charge in [-0.25, -0.2) is 0 Å². The first-order valence-electron chi connectivity index (χ1n) is 8.61. The second-order valence-corrected chi connectivity index (χ2v) is 8.93. The van der Waals surface area contributed by atoms with Crippen molar-refractivity contribution in [1.29, 1.82) is 0 Å². The smallest absolute Gasteiger partial charge is 0.0496 e. The van der Waals surface area contributed by atoms with Gasteiger partial charge in [0.1, 0.15) is 0 Å². The molecule has 3 aliphatic rings. The lowest BCUT2D eigenvalue weighted by Crippen LogP contribution is -2.49. The van der Waals surface area contributed by atoms with Crippen LogP contribution < -0.4 is 0 Å². The zero-order valence-electron chi connectivity index (χ0n) is 14.0. The van der Waals surface area contributed by atoms with Gasteiger partial charge in [-0.3, -0.25) is 0 Å². The Labute approximate surface area is 124 Å². The Balaban J connectivity index is 2.10. The van der Waals surface area contributed by atoms with E-state index in [4.69, 9.17) is 0 Å². The van der Waals surface area contributed by atoms with Gasteiger partial charge in [-0.15, -0.1) is 0 Å². The minimum Gasteiger partial charge on any atom is -0.396 e. The Hall–Kier alpha value is -0.300. The number of allylic oxidation sites excluding steroid dienone is 1. The third-order valence-corrected chi connectivity index (χ3v) is 7.61. The van der Waals surface area contributed by atoms with Gasteiger partial charge in [-0.2, -0.15) is 0 Å². The minimum atomic E-state index is 0.329. The predicted octanol–water partition coefficient (Wildman–Crippen LogP) is 4.80. The summed E-state index contributed by atoms with van der Waals surface area (Å²) in [6, 6.07) is 0. The van der Waals surface area contributed by atoms with Gasteiger partial charge in [0.2, 0.25) is 0 Å². The minimum absolute atomic E-state index is 0.329. The molecule has 0 heterocycles. The van der Waals surface area contributed by atoms with Crippen LogP contribution in [-0.4, -0.2) is 11.7 Å². The topological polar surface area (TPSA) is 20.2 Å². The normalized spacial score (nSPS) is 42.2. The van der Waals surface area contributed by atoms with Gasteiger partial charge < -0.3 is 5.11 Å². The molecule has 0 unspecified atom stereocenters. The van der Waals surface area contributed by atoms with Crippen molar-refractivity contribution >= 4 is 0 Å². The maximum absolute atomic E-state index is 9.83. The zero-order valence-corrected chi connectivity index (χ0v) is 14.0. The number of aliphatic hydroxyl groups excluding tert-OH is 1. The molecule has 0 aromatic heterocycles.